The topological polar surface area (TPSA) is 99.2 Å². The van der Waals surface area contributed by atoms with Crippen molar-refractivity contribution in [2.45, 2.75) is 25.8 Å². The number of carbonyl (C=O) groups is 1. The minimum absolute atomic E-state index is 0.119. The molecule has 34 heavy (non-hydrogen) atoms. The second-order valence-corrected chi connectivity index (χ2v) is 8.82. The molecule has 1 fully saturated rings. The number of hydrogen-bond donors (Lipinski definition) is 2. The molecule has 0 radical (unpaired) electrons. The summed E-state index contributed by atoms with van der Waals surface area (Å²) in [5.74, 6) is 1.23. The molecule has 0 unspecified atom stereocenters. The van der Waals surface area contributed by atoms with E-state index < -0.39 is 0 Å². The lowest BCUT2D eigenvalue weighted by molar-refractivity contribution is -0.121. The van der Waals surface area contributed by atoms with Gasteiger partial charge in [0.25, 0.3) is 0 Å². The average Bonchev–Trinajstić information content (AvgIpc) is 2.86. The van der Waals surface area contributed by atoms with Crippen LogP contribution in [0.3, 0.4) is 0 Å². The quantitative estimate of drug-likeness (QED) is 0.529. The number of rotatable bonds is 0. The molecule has 0 aliphatic carbocycles. The predicted molar refractivity (Wildman–Crippen MR) is 130 cm³/mol. The van der Waals surface area contributed by atoms with Crippen LogP contribution in [-0.4, -0.2) is 74.9 Å². The lowest BCUT2D eigenvalue weighted by Crippen LogP contribution is -2.46. The first-order chi connectivity index (χ1) is 16.7. The van der Waals surface area contributed by atoms with Gasteiger partial charge in [-0.15, -0.1) is 0 Å². The van der Waals surface area contributed by atoms with Gasteiger partial charge in [-0.05, 0) is 42.7 Å². The van der Waals surface area contributed by atoms with Crippen molar-refractivity contribution in [2.75, 3.05) is 44.6 Å². The maximum absolute atomic E-state index is 12.3. The second-order valence-electron chi connectivity index (χ2n) is 8.82. The molecule has 1 amide bonds. The van der Waals surface area contributed by atoms with Crippen LogP contribution in [0.2, 0.25) is 0 Å². The number of anilines is 2. The van der Waals surface area contributed by atoms with Gasteiger partial charge < -0.3 is 15.5 Å². The Hall–Kier alpha value is -3.43. The van der Waals surface area contributed by atoms with E-state index in [-0.39, 0.29) is 5.91 Å². The predicted octanol–water partition coefficient (Wildman–Crippen LogP) is 2.25. The molecule has 3 aliphatic heterocycles. The van der Waals surface area contributed by atoms with Crippen molar-refractivity contribution in [3.05, 3.63) is 60.2 Å². The van der Waals surface area contributed by atoms with Crippen LogP contribution in [0.15, 0.2) is 48.9 Å². The third kappa shape index (κ3) is 5.92. The molecule has 3 aromatic rings. The smallest absolute Gasteiger partial charge is 0.230 e. The highest BCUT2D eigenvalue weighted by Gasteiger charge is 2.18. The number of fused-ring (bicyclic) bond motifs is 8. The van der Waals surface area contributed by atoms with Crippen LogP contribution in [0.1, 0.15) is 24.1 Å². The fraction of sp³-hybridized carbons (Fsp3) is 0.400. The summed E-state index contributed by atoms with van der Waals surface area (Å²) in [6, 6.07) is 12.3. The van der Waals surface area contributed by atoms with Gasteiger partial charge in [-0.1, -0.05) is 12.1 Å². The number of aromatic nitrogens is 4. The molecule has 5 heterocycles. The number of nitrogens with zero attached hydrogens (tertiary/aromatic N) is 6. The van der Waals surface area contributed by atoms with Gasteiger partial charge in [-0.25, -0.2) is 9.97 Å². The number of nitrogens with one attached hydrogen (secondary N) is 2. The summed E-state index contributed by atoms with van der Waals surface area (Å²) in [6.45, 7) is 6.33. The van der Waals surface area contributed by atoms with Gasteiger partial charge in [0.15, 0.2) is 5.82 Å². The van der Waals surface area contributed by atoms with E-state index in [1.807, 2.05) is 18.2 Å². The number of benzene rings is 1. The van der Waals surface area contributed by atoms with E-state index in [1.54, 1.807) is 6.20 Å². The van der Waals surface area contributed by atoms with Crippen molar-refractivity contribution in [1.29, 1.82) is 0 Å². The van der Waals surface area contributed by atoms with E-state index in [4.69, 9.17) is 0 Å². The lowest BCUT2D eigenvalue weighted by Gasteiger charge is -2.34. The molecule has 0 atom stereocenters. The van der Waals surface area contributed by atoms with Crippen LogP contribution in [0.4, 0.5) is 11.6 Å². The number of carbonyl (C=O) groups excluding carboxylic acids is 1. The minimum Gasteiger partial charge on any atom is -0.356 e. The van der Waals surface area contributed by atoms with Gasteiger partial charge >= 0.3 is 0 Å². The molecule has 8 bridgehead atoms. The maximum atomic E-state index is 12.3. The van der Waals surface area contributed by atoms with Crippen molar-refractivity contribution >= 4 is 17.5 Å². The molecule has 9 nitrogen and oxygen atoms in total. The van der Waals surface area contributed by atoms with Crippen molar-refractivity contribution in [2.24, 2.45) is 0 Å². The average molecular weight is 459 g/mol. The van der Waals surface area contributed by atoms with Crippen molar-refractivity contribution < 1.29 is 4.79 Å². The molecule has 0 spiro atoms. The number of aryl methyl sites for hydroxylation is 1. The van der Waals surface area contributed by atoms with Crippen molar-refractivity contribution in [3.63, 3.8) is 0 Å². The highest BCUT2D eigenvalue weighted by molar-refractivity contribution is 5.76. The Labute approximate surface area is 199 Å². The van der Waals surface area contributed by atoms with E-state index in [9.17, 15) is 4.79 Å². The second kappa shape index (κ2) is 10.7. The molecule has 9 heteroatoms. The normalized spacial score (nSPS) is 21.5. The third-order valence-electron chi connectivity index (χ3n) is 6.29. The van der Waals surface area contributed by atoms with E-state index in [2.05, 4.69) is 58.6 Å². The Morgan fingerprint density at radius 1 is 0.882 bits per heavy atom. The summed E-state index contributed by atoms with van der Waals surface area (Å²) in [4.78, 5) is 34.9. The largest absolute Gasteiger partial charge is 0.356 e. The Kier molecular flexibility index (Phi) is 7.02. The molecule has 6 rings (SSSR count). The van der Waals surface area contributed by atoms with Gasteiger partial charge in [0.1, 0.15) is 6.33 Å². The van der Waals surface area contributed by atoms with E-state index in [0.29, 0.717) is 24.7 Å². The van der Waals surface area contributed by atoms with Crippen LogP contribution in [0, 0.1) is 0 Å². The van der Waals surface area contributed by atoms with Crippen LogP contribution in [0.25, 0.3) is 11.4 Å². The van der Waals surface area contributed by atoms with Gasteiger partial charge in [0.05, 0.1) is 0 Å². The Morgan fingerprint density at radius 2 is 1.76 bits per heavy atom. The van der Waals surface area contributed by atoms with Crippen LogP contribution in [0.5, 0.6) is 0 Å². The fourth-order valence-electron chi connectivity index (χ4n) is 4.40. The summed E-state index contributed by atoms with van der Waals surface area (Å²) in [5, 5.41) is 6.38. The van der Waals surface area contributed by atoms with Crippen molar-refractivity contribution in [3.8, 4) is 11.4 Å². The zero-order valence-electron chi connectivity index (χ0n) is 19.3. The van der Waals surface area contributed by atoms with Crippen LogP contribution in [-0.2, 0) is 17.8 Å². The first kappa shape index (κ1) is 22.4. The summed E-state index contributed by atoms with van der Waals surface area (Å²) in [7, 11) is 0. The SMILES string of the molecule is O=C1CCN2CCN(CC2)Cc2cccc(c2)Nc2ncnc(n2)-c2ccnc(c2)CCCN1. The Balaban J connectivity index is 1.38. The Bertz CT molecular complexity index is 1130. The van der Waals surface area contributed by atoms with Crippen molar-refractivity contribution in [1.82, 2.24) is 35.1 Å². The molecule has 3 aliphatic rings. The highest BCUT2D eigenvalue weighted by atomic mass is 16.1. The van der Waals surface area contributed by atoms with Gasteiger partial charge in [0, 0.05) is 75.4 Å². The molecular weight excluding hydrogens is 428 g/mol. The monoisotopic (exact) mass is 458 g/mol. The standard InChI is InChI=1S/C25H30N8O/c34-23-7-10-32-11-13-33(14-12-32)17-19-3-1-4-22(15-19)30-25-29-18-28-24(31-25)20-6-9-26-21(16-20)5-2-8-27-23/h1,3-4,6,9,15-16,18H,2,5,7-8,10-14,17H2,(H,27,34)(H,28,29,30,31). The highest BCUT2D eigenvalue weighted by Crippen LogP contribution is 2.20. The summed E-state index contributed by atoms with van der Waals surface area (Å²) in [6.07, 6.45) is 5.46. The van der Waals surface area contributed by atoms with Gasteiger partial charge in [-0.3, -0.25) is 14.7 Å². The summed E-state index contributed by atoms with van der Waals surface area (Å²) in [5.41, 5.74) is 4.05. The van der Waals surface area contributed by atoms with E-state index in [0.717, 1.165) is 69.1 Å². The third-order valence-corrected chi connectivity index (χ3v) is 6.29. The first-order valence-corrected chi connectivity index (χ1v) is 11.9. The summed E-state index contributed by atoms with van der Waals surface area (Å²) >= 11 is 0. The van der Waals surface area contributed by atoms with Crippen LogP contribution >= 0.6 is 0 Å². The molecule has 1 aromatic carbocycles. The number of hydrogen-bond acceptors (Lipinski definition) is 8. The molecule has 1 saturated heterocycles. The molecule has 2 N–H and O–H groups in total. The number of piperazine rings is 1. The van der Waals surface area contributed by atoms with Crippen LogP contribution < -0.4 is 10.6 Å². The maximum Gasteiger partial charge on any atom is 0.230 e. The van der Waals surface area contributed by atoms with E-state index in [1.165, 1.54) is 11.9 Å². The minimum atomic E-state index is 0.119. The first-order valence-electron chi connectivity index (χ1n) is 11.9. The molecular formula is C25H30N8O. The number of pyridine rings is 1. The molecule has 176 valence electrons. The lowest BCUT2D eigenvalue weighted by atomic mass is 10.1. The summed E-state index contributed by atoms with van der Waals surface area (Å²) < 4.78 is 0. The van der Waals surface area contributed by atoms with Gasteiger partial charge in [0.2, 0.25) is 11.9 Å². The Morgan fingerprint density at radius 3 is 2.68 bits per heavy atom. The number of amides is 1. The zero-order chi connectivity index (χ0) is 23.2. The van der Waals surface area contributed by atoms with Gasteiger partial charge in [-0.2, -0.15) is 4.98 Å². The zero-order valence-corrected chi connectivity index (χ0v) is 19.3. The fourth-order valence-corrected chi connectivity index (χ4v) is 4.40. The van der Waals surface area contributed by atoms with E-state index >= 15 is 0 Å². The molecule has 2 aromatic heterocycles. The molecule has 0 saturated carbocycles.